The molecule has 0 aromatic heterocycles. The van der Waals surface area contributed by atoms with Gasteiger partial charge in [-0.3, -0.25) is 0 Å². The number of hydrogen-bond donors (Lipinski definition) is 1. The standard InChI is InChI=1S/C18H30N2/c1-4-16(2)14-20(3)15-18(10-12-19-13-11-18)17-8-6-5-7-9-17/h5-9,16,19H,4,10-15H2,1-3H3. The average molecular weight is 274 g/mol. The molecule has 0 amide bonds. The molecule has 1 N–H and O–H groups in total. The van der Waals surface area contributed by atoms with Gasteiger partial charge in [0.1, 0.15) is 0 Å². The molecule has 1 aromatic rings. The quantitative estimate of drug-likeness (QED) is 0.856. The second kappa shape index (κ2) is 7.24. The Bertz CT molecular complexity index is 382. The highest BCUT2D eigenvalue weighted by Crippen LogP contribution is 2.34. The minimum absolute atomic E-state index is 0.342. The van der Waals surface area contributed by atoms with Gasteiger partial charge in [0.15, 0.2) is 0 Å². The van der Waals surface area contributed by atoms with Crippen molar-refractivity contribution in [1.82, 2.24) is 10.2 Å². The molecule has 2 rings (SSSR count). The Morgan fingerprint density at radius 3 is 2.45 bits per heavy atom. The van der Waals surface area contributed by atoms with E-state index in [1.165, 1.54) is 37.9 Å². The fourth-order valence-corrected chi connectivity index (χ4v) is 3.48. The highest BCUT2D eigenvalue weighted by atomic mass is 15.1. The zero-order valence-corrected chi connectivity index (χ0v) is 13.4. The van der Waals surface area contributed by atoms with Crippen LogP contribution < -0.4 is 5.32 Å². The van der Waals surface area contributed by atoms with Gasteiger partial charge in [-0.1, -0.05) is 50.6 Å². The van der Waals surface area contributed by atoms with Crippen molar-refractivity contribution in [1.29, 1.82) is 0 Å². The highest BCUT2D eigenvalue weighted by Gasteiger charge is 2.34. The third-order valence-corrected chi connectivity index (χ3v) is 4.84. The van der Waals surface area contributed by atoms with Crippen molar-refractivity contribution in [2.75, 3.05) is 33.2 Å². The molecule has 2 nitrogen and oxygen atoms in total. The van der Waals surface area contributed by atoms with E-state index in [0.717, 1.165) is 19.0 Å². The fraction of sp³-hybridized carbons (Fsp3) is 0.667. The van der Waals surface area contributed by atoms with Crippen LogP contribution in [0.3, 0.4) is 0 Å². The summed E-state index contributed by atoms with van der Waals surface area (Å²) < 4.78 is 0. The lowest BCUT2D eigenvalue weighted by atomic mass is 9.72. The Hall–Kier alpha value is -0.860. The third-order valence-electron chi connectivity index (χ3n) is 4.84. The topological polar surface area (TPSA) is 15.3 Å². The summed E-state index contributed by atoms with van der Waals surface area (Å²) in [6.45, 7) is 9.32. The normalized spacial score (nSPS) is 20.0. The van der Waals surface area contributed by atoms with E-state index in [1.807, 2.05) is 0 Å². The van der Waals surface area contributed by atoms with Gasteiger partial charge >= 0.3 is 0 Å². The average Bonchev–Trinajstić information content (AvgIpc) is 2.48. The van der Waals surface area contributed by atoms with Gasteiger partial charge in [0.05, 0.1) is 0 Å². The van der Waals surface area contributed by atoms with E-state index in [0.29, 0.717) is 5.41 Å². The summed E-state index contributed by atoms with van der Waals surface area (Å²) in [7, 11) is 2.29. The lowest BCUT2D eigenvalue weighted by Crippen LogP contribution is -2.47. The molecule has 112 valence electrons. The first-order chi connectivity index (χ1) is 9.66. The number of piperidine rings is 1. The van der Waals surface area contributed by atoms with Crippen LogP contribution >= 0.6 is 0 Å². The molecule has 0 saturated carbocycles. The van der Waals surface area contributed by atoms with E-state index < -0.39 is 0 Å². The summed E-state index contributed by atoms with van der Waals surface area (Å²) >= 11 is 0. The van der Waals surface area contributed by atoms with Crippen molar-refractivity contribution in [2.24, 2.45) is 5.92 Å². The second-order valence-electron chi connectivity index (χ2n) is 6.61. The Kier molecular flexibility index (Phi) is 5.62. The van der Waals surface area contributed by atoms with Crippen LogP contribution in [0.2, 0.25) is 0 Å². The highest BCUT2D eigenvalue weighted by molar-refractivity contribution is 5.27. The van der Waals surface area contributed by atoms with Gasteiger partial charge in [-0.15, -0.1) is 0 Å². The number of nitrogens with one attached hydrogen (secondary N) is 1. The Balaban J connectivity index is 2.11. The molecular weight excluding hydrogens is 244 g/mol. The fourth-order valence-electron chi connectivity index (χ4n) is 3.48. The molecule has 1 saturated heterocycles. The molecule has 1 unspecified atom stereocenters. The van der Waals surface area contributed by atoms with Gasteiger partial charge in [-0.25, -0.2) is 0 Å². The van der Waals surface area contributed by atoms with Crippen LogP contribution in [0.1, 0.15) is 38.7 Å². The van der Waals surface area contributed by atoms with Gasteiger partial charge in [-0.2, -0.15) is 0 Å². The van der Waals surface area contributed by atoms with E-state index in [9.17, 15) is 0 Å². The molecule has 0 aliphatic carbocycles. The predicted octanol–water partition coefficient (Wildman–Crippen LogP) is 3.29. The maximum Gasteiger partial charge on any atom is 0.0104 e. The number of rotatable bonds is 6. The number of benzene rings is 1. The largest absolute Gasteiger partial charge is 0.317 e. The molecule has 2 heteroatoms. The molecule has 0 bridgehead atoms. The van der Waals surface area contributed by atoms with Gasteiger partial charge in [0.25, 0.3) is 0 Å². The zero-order valence-electron chi connectivity index (χ0n) is 13.4. The Labute approximate surface area is 124 Å². The van der Waals surface area contributed by atoms with Crippen molar-refractivity contribution >= 4 is 0 Å². The van der Waals surface area contributed by atoms with E-state index in [2.05, 4.69) is 61.4 Å². The van der Waals surface area contributed by atoms with Crippen LogP contribution in [0.4, 0.5) is 0 Å². The van der Waals surface area contributed by atoms with Gasteiger partial charge in [-0.05, 0) is 44.5 Å². The van der Waals surface area contributed by atoms with Crippen LogP contribution in [0.5, 0.6) is 0 Å². The summed E-state index contributed by atoms with van der Waals surface area (Å²) in [4.78, 5) is 2.55. The molecule has 20 heavy (non-hydrogen) atoms. The van der Waals surface area contributed by atoms with Gasteiger partial charge in [0.2, 0.25) is 0 Å². The van der Waals surface area contributed by atoms with Crippen molar-refractivity contribution < 1.29 is 0 Å². The van der Waals surface area contributed by atoms with Crippen molar-refractivity contribution in [3.63, 3.8) is 0 Å². The Morgan fingerprint density at radius 2 is 1.85 bits per heavy atom. The van der Waals surface area contributed by atoms with E-state index >= 15 is 0 Å². The SMILES string of the molecule is CCC(C)CN(C)CC1(c2ccccc2)CCNCC1. The maximum atomic E-state index is 3.52. The predicted molar refractivity (Wildman–Crippen MR) is 87.2 cm³/mol. The van der Waals surface area contributed by atoms with E-state index in [4.69, 9.17) is 0 Å². The van der Waals surface area contributed by atoms with Crippen LogP contribution in [-0.4, -0.2) is 38.1 Å². The van der Waals surface area contributed by atoms with Crippen molar-refractivity contribution in [3.8, 4) is 0 Å². The molecule has 1 aliphatic heterocycles. The lowest BCUT2D eigenvalue weighted by molar-refractivity contribution is 0.183. The molecule has 1 aromatic carbocycles. The first-order valence-corrected chi connectivity index (χ1v) is 8.11. The molecular formula is C18H30N2. The van der Waals surface area contributed by atoms with Gasteiger partial charge < -0.3 is 10.2 Å². The molecule has 1 atom stereocenters. The second-order valence-corrected chi connectivity index (χ2v) is 6.61. The van der Waals surface area contributed by atoms with E-state index in [1.54, 1.807) is 0 Å². The number of hydrogen-bond acceptors (Lipinski definition) is 2. The molecule has 1 fully saturated rings. The van der Waals surface area contributed by atoms with Crippen molar-refractivity contribution in [2.45, 2.75) is 38.5 Å². The third kappa shape index (κ3) is 3.83. The minimum Gasteiger partial charge on any atom is -0.317 e. The minimum atomic E-state index is 0.342. The summed E-state index contributed by atoms with van der Waals surface area (Å²) in [6.07, 6.45) is 3.77. The first kappa shape index (κ1) is 15.5. The summed E-state index contributed by atoms with van der Waals surface area (Å²) in [5.41, 5.74) is 1.87. The summed E-state index contributed by atoms with van der Waals surface area (Å²) in [5.74, 6) is 0.787. The number of nitrogens with zero attached hydrogens (tertiary/aromatic N) is 1. The monoisotopic (exact) mass is 274 g/mol. The first-order valence-electron chi connectivity index (χ1n) is 8.11. The summed E-state index contributed by atoms with van der Waals surface area (Å²) in [6, 6.07) is 11.1. The number of likely N-dealkylation sites (N-methyl/N-ethyl adjacent to an activating group) is 1. The van der Waals surface area contributed by atoms with Crippen molar-refractivity contribution in [3.05, 3.63) is 35.9 Å². The van der Waals surface area contributed by atoms with E-state index in [-0.39, 0.29) is 0 Å². The maximum absolute atomic E-state index is 3.52. The summed E-state index contributed by atoms with van der Waals surface area (Å²) in [5, 5.41) is 3.52. The Morgan fingerprint density at radius 1 is 1.20 bits per heavy atom. The lowest BCUT2D eigenvalue weighted by Gasteiger charge is -2.41. The van der Waals surface area contributed by atoms with Crippen LogP contribution in [0.15, 0.2) is 30.3 Å². The zero-order chi connectivity index (χ0) is 14.4. The van der Waals surface area contributed by atoms with Gasteiger partial charge in [0, 0.05) is 18.5 Å². The molecule has 0 spiro atoms. The smallest absolute Gasteiger partial charge is 0.0104 e. The molecule has 0 radical (unpaired) electrons. The van der Waals surface area contributed by atoms with Crippen LogP contribution in [0.25, 0.3) is 0 Å². The molecule has 1 heterocycles. The molecule has 1 aliphatic rings. The van der Waals surface area contributed by atoms with Crippen LogP contribution in [0, 0.1) is 5.92 Å². The van der Waals surface area contributed by atoms with Crippen LogP contribution in [-0.2, 0) is 5.41 Å².